The maximum Gasteiger partial charge on any atom is 0.214 e. The van der Waals surface area contributed by atoms with E-state index >= 15 is 0 Å². The Hall–Kier alpha value is -1.98. The lowest BCUT2D eigenvalue weighted by Crippen LogP contribution is -2.43. The molecule has 0 amide bonds. The third-order valence-electron chi connectivity index (χ3n) is 4.70. The molecular formula is C20H23NO3S. The largest absolute Gasteiger partial charge is 0.294 e. The van der Waals surface area contributed by atoms with Crippen LogP contribution in [0.2, 0.25) is 0 Å². The molecule has 25 heavy (non-hydrogen) atoms. The van der Waals surface area contributed by atoms with E-state index in [0.29, 0.717) is 25.1 Å². The molecule has 0 N–H and O–H groups in total. The zero-order valence-corrected chi connectivity index (χ0v) is 15.0. The first-order valence-electron chi connectivity index (χ1n) is 8.67. The van der Waals surface area contributed by atoms with Crippen LogP contribution in [-0.4, -0.2) is 37.3 Å². The molecule has 1 unspecified atom stereocenters. The van der Waals surface area contributed by atoms with Crippen LogP contribution in [0, 0.1) is 5.92 Å². The first-order chi connectivity index (χ1) is 12.1. The molecule has 0 radical (unpaired) electrons. The van der Waals surface area contributed by atoms with Crippen molar-refractivity contribution in [2.75, 3.05) is 18.8 Å². The first kappa shape index (κ1) is 17.8. The zero-order chi connectivity index (χ0) is 17.7. The van der Waals surface area contributed by atoms with Gasteiger partial charge in [0.25, 0.3) is 0 Å². The fourth-order valence-corrected chi connectivity index (χ4v) is 4.83. The average Bonchev–Trinajstić information content (AvgIpc) is 2.67. The molecule has 0 aromatic heterocycles. The summed E-state index contributed by atoms with van der Waals surface area (Å²) >= 11 is 0. The van der Waals surface area contributed by atoms with E-state index in [-0.39, 0.29) is 17.5 Å². The van der Waals surface area contributed by atoms with Gasteiger partial charge in [0, 0.05) is 24.6 Å². The Bertz CT molecular complexity index is 803. The van der Waals surface area contributed by atoms with Crippen molar-refractivity contribution in [2.45, 2.75) is 19.3 Å². The Morgan fingerprint density at radius 3 is 2.32 bits per heavy atom. The number of ketones is 1. The molecule has 2 aromatic rings. The Balaban J connectivity index is 1.65. The van der Waals surface area contributed by atoms with Crippen LogP contribution in [0.5, 0.6) is 0 Å². The third-order valence-corrected chi connectivity index (χ3v) is 6.54. The number of hydrogen-bond donors (Lipinski definition) is 0. The van der Waals surface area contributed by atoms with Gasteiger partial charge < -0.3 is 0 Å². The highest BCUT2D eigenvalue weighted by molar-refractivity contribution is 7.89. The van der Waals surface area contributed by atoms with E-state index in [9.17, 15) is 13.2 Å². The van der Waals surface area contributed by atoms with Crippen LogP contribution in [0.1, 0.15) is 28.8 Å². The molecule has 5 heteroatoms. The minimum Gasteiger partial charge on any atom is -0.294 e. The number of Topliss-reactive ketones (excluding diaryl/α,β-unsaturated/α-hetero) is 1. The minimum absolute atomic E-state index is 0.0450. The number of aryl methyl sites for hydroxylation is 1. The van der Waals surface area contributed by atoms with Crippen molar-refractivity contribution in [3.8, 4) is 0 Å². The van der Waals surface area contributed by atoms with E-state index in [4.69, 9.17) is 0 Å². The Labute approximate surface area is 149 Å². The number of rotatable bonds is 6. The van der Waals surface area contributed by atoms with E-state index in [1.807, 2.05) is 48.5 Å². The second-order valence-corrected chi connectivity index (χ2v) is 8.57. The molecule has 1 aliphatic heterocycles. The molecule has 0 saturated carbocycles. The van der Waals surface area contributed by atoms with Gasteiger partial charge in [-0.15, -0.1) is 0 Å². The molecule has 132 valence electrons. The molecule has 0 bridgehead atoms. The van der Waals surface area contributed by atoms with Crippen LogP contribution in [0.3, 0.4) is 0 Å². The predicted octanol–water partition coefficient (Wildman–Crippen LogP) is 3.15. The summed E-state index contributed by atoms with van der Waals surface area (Å²) < 4.78 is 26.9. The lowest BCUT2D eigenvalue weighted by atomic mass is 9.91. The predicted molar refractivity (Wildman–Crippen MR) is 99.0 cm³/mol. The summed E-state index contributed by atoms with van der Waals surface area (Å²) in [5.41, 5.74) is 1.68. The maximum absolute atomic E-state index is 12.7. The number of sulfonamides is 1. The summed E-state index contributed by atoms with van der Waals surface area (Å²) in [7, 11) is -3.35. The topological polar surface area (TPSA) is 54.5 Å². The van der Waals surface area contributed by atoms with E-state index < -0.39 is 10.0 Å². The van der Waals surface area contributed by atoms with E-state index in [2.05, 4.69) is 0 Å². The molecule has 3 rings (SSSR count). The monoisotopic (exact) mass is 357 g/mol. The summed E-state index contributed by atoms with van der Waals surface area (Å²) in [6.45, 7) is 0.806. The van der Waals surface area contributed by atoms with Crippen molar-refractivity contribution in [2.24, 2.45) is 5.92 Å². The van der Waals surface area contributed by atoms with Crippen molar-refractivity contribution in [1.82, 2.24) is 4.31 Å². The van der Waals surface area contributed by atoms with E-state index in [1.165, 1.54) is 4.31 Å². The number of benzene rings is 2. The smallest absolute Gasteiger partial charge is 0.214 e. The average molecular weight is 357 g/mol. The normalized spacial score (nSPS) is 18.8. The van der Waals surface area contributed by atoms with Crippen molar-refractivity contribution < 1.29 is 13.2 Å². The summed E-state index contributed by atoms with van der Waals surface area (Å²) in [5.74, 6) is -0.116. The van der Waals surface area contributed by atoms with Gasteiger partial charge in [0.05, 0.1) is 5.75 Å². The highest BCUT2D eigenvalue weighted by Crippen LogP contribution is 2.23. The highest BCUT2D eigenvalue weighted by atomic mass is 32.2. The molecule has 1 heterocycles. The van der Waals surface area contributed by atoms with Gasteiger partial charge in [0.15, 0.2) is 5.78 Å². The lowest BCUT2D eigenvalue weighted by molar-refractivity contribution is 0.0872. The van der Waals surface area contributed by atoms with Crippen LogP contribution in [0.25, 0.3) is 0 Å². The maximum atomic E-state index is 12.7. The first-order valence-corrected chi connectivity index (χ1v) is 10.3. The molecule has 1 fully saturated rings. The minimum atomic E-state index is -3.35. The summed E-state index contributed by atoms with van der Waals surface area (Å²) in [6.07, 6.45) is 1.98. The zero-order valence-electron chi connectivity index (χ0n) is 14.2. The molecular weight excluding hydrogens is 334 g/mol. The Kier molecular flexibility index (Phi) is 5.66. The Morgan fingerprint density at radius 1 is 1.00 bits per heavy atom. The summed E-state index contributed by atoms with van der Waals surface area (Å²) in [4.78, 5) is 12.6. The molecule has 2 aromatic carbocycles. The summed E-state index contributed by atoms with van der Waals surface area (Å²) in [5, 5.41) is 0. The second kappa shape index (κ2) is 7.93. The standard InChI is InChI=1S/C20H23NO3S/c22-20(18-10-5-2-6-11-18)19-12-7-14-21(16-19)25(23,24)15-13-17-8-3-1-4-9-17/h1-6,8-11,19H,7,12-16H2. The SMILES string of the molecule is O=C(c1ccccc1)C1CCCN(S(=O)(=O)CCc2ccccc2)C1. The van der Waals surface area contributed by atoms with Gasteiger partial charge in [-0.1, -0.05) is 60.7 Å². The summed E-state index contributed by atoms with van der Waals surface area (Å²) in [6, 6.07) is 18.8. The van der Waals surface area contributed by atoms with Gasteiger partial charge in [-0.2, -0.15) is 0 Å². The number of carbonyl (C=O) groups excluding carboxylic acids is 1. The van der Waals surface area contributed by atoms with Crippen LogP contribution < -0.4 is 0 Å². The second-order valence-electron chi connectivity index (χ2n) is 6.48. The number of nitrogens with zero attached hydrogens (tertiary/aromatic N) is 1. The van der Waals surface area contributed by atoms with Crippen molar-refractivity contribution >= 4 is 15.8 Å². The quantitative estimate of drug-likeness (QED) is 0.746. The van der Waals surface area contributed by atoms with Crippen LogP contribution >= 0.6 is 0 Å². The number of carbonyl (C=O) groups is 1. The molecule has 4 nitrogen and oxygen atoms in total. The van der Waals surface area contributed by atoms with Crippen LogP contribution in [0.4, 0.5) is 0 Å². The van der Waals surface area contributed by atoms with Gasteiger partial charge >= 0.3 is 0 Å². The van der Waals surface area contributed by atoms with Gasteiger partial charge in [0.1, 0.15) is 0 Å². The number of piperidine rings is 1. The van der Waals surface area contributed by atoms with Gasteiger partial charge in [-0.3, -0.25) is 4.79 Å². The molecule has 1 aliphatic rings. The highest BCUT2D eigenvalue weighted by Gasteiger charge is 2.32. The molecule has 1 atom stereocenters. The van der Waals surface area contributed by atoms with Gasteiger partial charge in [0.2, 0.25) is 10.0 Å². The molecule has 0 aliphatic carbocycles. The van der Waals surface area contributed by atoms with Gasteiger partial charge in [-0.05, 0) is 24.8 Å². The third kappa shape index (κ3) is 4.55. The van der Waals surface area contributed by atoms with Crippen molar-refractivity contribution in [3.05, 3.63) is 71.8 Å². The molecule has 1 saturated heterocycles. The van der Waals surface area contributed by atoms with E-state index in [1.54, 1.807) is 12.1 Å². The van der Waals surface area contributed by atoms with Crippen LogP contribution in [-0.2, 0) is 16.4 Å². The fourth-order valence-electron chi connectivity index (χ4n) is 3.27. The van der Waals surface area contributed by atoms with Crippen molar-refractivity contribution in [3.63, 3.8) is 0 Å². The van der Waals surface area contributed by atoms with Gasteiger partial charge in [-0.25, -0.2) is 12.7 Å². The molecule has 0 spiro atoms. The van der Waals surface area contributed by atoms with Crippen molar-refractivity contribution in [1.29, 1.82) is 0 Å². The fraction of sp³-hybridized carbons (Fsp3) is 0.350. The van der Waals surface area contributed by atoms with E-state index in [0.717, 1.165) is 18.4 Å². The Morgan fingerprint density at radius 2 is 1.64 bits per heavy atom. The number of hydrogen-bond acceptors (Lipinski definition) is 3. The van der Waals surface area contributed by atoms with Crippen LogP contribution in [0.15, 0.2) is 60.7 Å². The lowest BCUT2D eigenvalue weighted by Gasteiger charge is -2.31.